The lowest BCUT2D eigenvalue weighted by Crippen LogP contribution is -2.39. The summed E-state index contributed by atoms with van der Waals surface area (Å²) in [5, 5.41) is 6.64. The first-order valence-electron chi connectivity index (χ1n) is 8.20. The van der Waals surface area contributed by atoms with Gasteiger partial charge in [-0.25, -0.2) is 4.79 Å². The average Bonchev–Trinajstić information content (AvgIpc) is 3.18. The Bertz CT molecular complexity index is 392. The molecule has 1 rings (SSSR count). The van der Waals surface area contributed by atoms with Crippen LogP contribution in [0, 0.1) is 5.92 Å². The third-order valence-corrected chi connectivity index (χ3v) is 3.11. The predicted molar refractivity (Wildman–Crippen MR) is 106 cm³/mol. The van der Waals surface area contributed by atoms with Gasteiger partial charge in [-0.05, 0) is 46.5 Å². The largest absolute Gasteiger partial charge is 0.444 e. The summed E-state index contributed by atoms with van der Waals surface area (Å²) in [4.78, 5) is 18.1. The number of nitrogens with one attached hydrogen (secondary N) is 2. The number of guanidine groups is 1. The molecular weight excluding hydrogens is 407 g/mol. The molecule has 0 aromatic heterocycles. The van der Waals surface area contributed by atoms with Crippen LogP contribution in [0.15, 0.2) is 4.99 Å². The van der Waals surface area contributed by atoms with E-state index in [0.29, 0.717) is 19.1 Å². The molecule has 1 fully saturated rings. The van der Waals surface area contributed by atoms with Crippen LogP contribution in [0.1, 0.15) is 47.5 Å². The lowest BCUT2D eigenvalue weighted by atomic mass is 10.2. The Morgan fingerprint density at radius 2 is 2.00 bits per heavy atom. The Labute approximate surface area is 157 Å². The van der Waals surface area contributed by atoms with Crippen molar-refractivity contribution in [2.24, 2.45) is 10.9 Å². The molecule has 1 atom stereocenters. The molecule has 0 aromatic rings. The predicted octanol–water partition coefficient (Wildman–Crippen LogP) is 2.82. The van der Waals surface area contributed by atoms with E-state index in [9.17, 15) is 4.79 Å². The van der Waals surface area contributed by atoms with Gasteiger partial charge in [0.2, 0.25) is 0 Å². The van der Waals surface area contributed by atoms with Crippen molar-refractivity contribution < 1.29 is 9.53 Å². The van der Waals surface area contributed by atoms with Gasteiger partial charge in [0.15, 0.2) is 5.96 Å². The van der Waals surface area contributed by atoms with E-state index in [0.717, 1.165) is 12.5 Å². The third kappa shape index (κ3) is 10.6. The zero-order chi connectivity index (χ0) is 16.8. The summed E-state index contributed by atoms with van der Waals surface area (Å²) in [6.45, 7) is 11.9. The number of hydrogen-bond acceptors (Lipinski definition) is 3. The van der Waals surface area contributed by atoms with Crippen LogP contribution in [0.5, 0.6) is 0 Å². The van der Waals surface area contributed by atoms with Crippen LogP contribution in [-0.2, 0) is 4.74 Å². The Hall–Kier alpha value is -0.730. The summed E-state index contributed by atoms with van der Waals surface area (Å²) in [7, 11) is 1.77. The molecule has 1 unspecified atom stereocenters. The Morgan fingerprint density at radius 1 is 1.39 bits per heavy atom. The van der Waals surface area contributed by atoms with Crippen LogP contribution in [0.2, 0.25) is 0 Å². The van der Waals surface area contributed by atoms with Gasteiger partial charge in [-0.2, -0.15) is 0 Å². The molecule has 0 aromatic carbocycles. The number of nitrogens with zero attached hydrogens (tertiary/aromatic N) is 2. The highest BCUT2D eigenvalue weighted by molar-refractivity contribution is 14.0. The van der Waals surface area contributed by atoms with E-state index in [4.69, 9.17) is 4.74 Å². The van der Waals surface area contributed by atoms with Crippen molar-refractivity contribution in [2.75, 3.05) is 26.7 Å². The summed E-state index contributed by atoms with van der Waals surface area (Å²) in [6, 6.07) is 0.581. The molecule has 136 valence electrons. The van der Waals surface area contributed by atoms with Crippen LogP contribution >= 0.6 is 24.0 Å². The minimum Gasteiger partial charge on any atom is -0.444 e. The molecule has 0 radical (unpaired) electrons. The summed E-state index contributed by atoms with van der Waals surface area (Å²) < 4.78 is 5.35. The van der Waals surface area contributed by atoms with Gasteiger partial charge in [0.05, 0.1) is 0 Å². The molecule has 2 N–H and O–H groups in total. The van der Waals surface area contributed by atoms with Crippen molar-refractivity contribution in [3.63, 3.8) is 0 Å². The smallest absolute Gasteiger partial charge is 0.410 e. The number of carbonyl (C=O) groups excluding carboxylic acids is 1. The van der Waals surface area contributed by atoms with Crippen molar-refractivity contribution in [3.8, 4) is 0 Å². The Kier molecular flexibility index (Phi) is 9.88. The van der Waals surface area contributed by atoms with Gasteiger partial charge in [-0.15, -0.1) is 24.0 Å². The lowest BCUT2D eigenvalue weighted by molar-refractivity contribution is 0.0279. The zero-order valence-corrected chi connectivity index (χ0v) is 17.6. The summed E-state index contributed by atoms with van der Waals surface area (Å²) in [5.74, 6) is 1.14. The molecule has 6 nitrogen and oxygen atoms in total. The molecule has 1 saturated carbocycles. The number of ether oxygens (including phenoxy) is 1. The van der Waals surface area contributed by atoms with Crippen molar-refractivity contribution in [1.29, 1.82) is 0 Å². The van der Waals surface area contributed by atoms with Crippen LogP contribution in [-0.4, -0.2) is 55.3 Å². The van der Waals surface area contributed by atoms with E-state index in [-0.39, 0.29) is 36.0 Å². The van der Waals surface area contributed by atoms with Gasteiger partial charge in [-0.1, -0.05) is 6.92 Å². The molecule has 0 spiro atoms. The number of hydrogen-bond donors (Lipinski definition) is 2. The topological polar surface area (TPSA) is 66.0 Å². The molecule has 1 aliphatic carbocycles. The highest BCUT2D eigenvalue weighted by Crippen LogP contribution is 2.18. The van der Waals surface area contributed by atoms with E-state index >= 15 is 0 Å². The second-order valence-corrected chi connectivity index (χ2v) is 7.10. The zero-order valence-electron chi connectivity index (χ0n) is 15.3. The van der Waals surface area contributed by atoms with Gasteiger partial charge in [-0.3, -0.25) is 4.99 Å². The monoisotopic (exact) mass is 440 g/mol. The second kappa shape index (κ2) is 10.2. The molecule has 23 heavy (non-hydrogen) atoms. The van der Waals surface area contributed by atoms with E-state index in [1.54, 1.807) is 11.9 Å². The van der Waals surface area contributed by atoms with Crippen LogP contribution in [0.25, 0.3) is 0 Å². The number of carbonyl (C=O) groups is 1. The fraction of sp³-hybridized carbons (Fsp3) is 0.875. The molecule has 0 aliphatic heterocycles. The molecule has 1 amide bonds. The average molecular weight is 440 g/mol. The van der Waals surface area contributed by atoms with Gasteiger partial charge in [0.1, 0.15) is 5.60 Å². The van der Waals surface area contributed by atoms with Crippen molar-refractivity contribution in [3.05, 3.63) is 0 Å². The van der Waals surface area contributed by atoms with Crippen molar-refractivity contribution >= 4 is 36.0 Å². The standard InChI is InChI=1S/C16H32N4O2.HI/c1-7-17-14(19-13-8-9-13)18-10-12(2)11-20(6)15(21)22-16(3,4)5;/h12-13H,7-11H2,1-6H3,(H2,17,18,19);1H. The maximum Gasteiger partial charge on any atom is 0.410 e. The first-order chi connectivity index (χ1) is 10.2. The maximum atomic E-state index is 11.9. The van der Waals surface area contributed by atoms with E-state index in [1.165, 1.54) is 12.8 Å². The number of rotatable bonds is 6. The number of amides is 1. The van der Waals surface area contributed by atoms with Gasteiger partial charge in [0.25, 0.3) is 0 Å². The first kappa shape index (κ1) is 22.3. The highest BCUT2D eigenvalue weighted by Gasteiger charge is 2.23. The van der Waals surface area contributed by atoms with Crippen LogP contribution < -0.4 is 10.6 Å². The second-order valence-electron chi connectivity index (χ2n) is 7.10. The van der Waals surface area contributed by atoms with E-state index in [1.807, 2.05) is 20.8 Å². The van der Waals surface area contributed by atoms with Crippen molar-refractivity contribution in [1.82, 2.24) is 15.5 Å². The fourth-order valence-electron chi connectivity index (χ4n) is 1.93. The normalized spacial score (nSPS) is 16.2. The summed E-state index contributed by atoms with van der Waals surface area (Å²) >= 11 is 0. The van der Waals surface area contributed by atoms with Gasteiger partial charge in [0, 0.05) is 32.7 Å². The lowest BCUT2D eigenvalue weighted by Gasteiger charge is -2.26. The third-order valence-electron chi connectivity index (χ3n) is 3.11. The number of halogens is 1. The van der Waals surface area contributed by atoms with Gasteiger partial charge >= 0.3 is 6.09 Å². The van der Waals surface area contributed by atoms with E-state index in [2.05, 4.69) is 29.5 Å². The highest BCUT2D eigenvalue weighted by atomic mass is 127. The summed E-state index contributed by atoms with van der Waals surface area (Å²) in [6.07, 6.45) is 2.16. The molecule has 0 heterocycles. The minimum absolute atomic E-state index is 0. The van der Waals surface area contributed by atoms with Crippen LogP contribution in [0.3, 0.4) is 0 Å². The fourth-order valence-corrected chi connectivity index (χ4v) is 1.93. The Balaban J connectivity index is 0.00000484. The Morgan fingerprint density at radius 3 is 2.48 bits per heavy atom. The minimum atomic E-state index is -0.459. The first-order valence-corrected chi connectivity index (χ1v) is 8.20. The molecule has 0 saturated heterocycles. The van der Waals surface area contributed by atoms with E-state index < -0.39 is 5.60 Å². The van der Waals surface area contributed by atoms with Crippen molar-refractivity contribution in [2.45, 2.75) is 59.1 Å². The molecular formula is C16H33IN4O2. The van der Waals surface area contributed by atoms with Crippen LogP contribution in [0.4, 0.5) is 4.79 Å². The number of aliphatic imine (C=N–C) groups is 1. The molecule has 7 heteroatoms. The quantitative estimate of drug-likeness (QED) is 0.379. The molecule has 0 bridgehead atoms. The summed E-state index contributed by atoms with van der Waals surface area (Å²) in [5.41, 5.74) is -0.459. The SMILES string of the molecule is CCNC(=NCC(C)CN(C)C(=O)OC(C)(C)C)NC1CC1.I. The van der Waals surface area contributed by atoms with Gasteiger partial charge < -0.3 is 20.3 Å². The molecule has 1 aliphatic rings. The maximum absolute atomic E-state index is 11.9.